The molecule has 2 heterocycles. The molecule has 3 rings (SSSR count). The summed E-state index contributed by atoms with van der Waals surface area (Å²) in [7, 11) is 4.01. The first-order chi connectivity index (χ1) is 14.2. The number of benzene rings is 1. The Morgan fingerprint density at radius 3 is 2.66 bits per heavy atom. The number of guanidine groups is 1. The third-order valence-electron chi connectivity index (χ3n) is 6.13. The molecule has 0 amide bonds. The first-order valence-electron chi connectivity index (χ1n) is 11.1. The lowest BCUT2D eigenvalue weighted by Crippen LogP contribution is -2.50. The van der Waals surface area contributed by atoms with Gasteiger partial charge in [-0.3, -0.25) is 4.99 Å². The van der Waals surface area contributed by atoms with Gasteiger partial charge >= 0.3 is 0 Å². The molecule has 2 aliphatic heterocycles. The summed E-state index contributed by atoms with van der Waals surface area (Å²) in [5.74, 6) is 0.993. The molecule has 162 valence electrons. The van der Waals surface area contributed by atoms with Crippen LogP contribution in [0.4, 0.5) is 5.69 Å². The van der Waals surface area contributed by atoms with Gasteiger partial charge in [0, 0.05) is 52.1 Å². The number of rotatable bonds is 7. The van der Waals surface area contributed by atoms with Gasteiger partial charge in [-0.1, -0.05) is 18.2 Å². The number of nitrogens with zero attached hydrogens (tertiary/aromatic N) is 3. The van der Waals surface area contributed by atoms with Crippen LogP contribution in [0.2, 0.25) is 0 Å². The zero-order chi connectivity index (χ0) is 20.5. The van der Waals surface area contributed by atoms with Crippen molar-refractivity contribution in [2.45, 2.75) is 57.3 Å². The minimum absolute atomic E-state index is 0.305. The molecule has 29 heavy (non-hydrogen) atoms. The molecule has 1 N–H and O–H groups in total. The van der Waals surface area contributed by atoms with Crippen LogP contribution >= 0.6 is 0 Å². The highest BCUT2D eigenvalue weighted by atomic mass is 16.5. The van der Waals surface area contributed by atoms with Crippen molar-refractivity contribution in [1.82, 2.24) is 10.2 Å². The van der Waals surface area contributed by atoms with Crippen LogP contribution in [0.3, 0.4) is 0 Å². The number of likely N-dealkylation sites (N-methyl/N-ethyl adjacent to an activating group) is 1. The molecule has 0 aromatic heterocycles. The molecule has 6 nitrogen and oxygen atoms in total. The van der Waals surface area contributed by atoms with E-state index < -0.39 is 0 Å². The van der Waals surface area contributed by atoms with Crippen molar-refractivity contribution >= 4 is 11.6 Å². The Bertz CT molecular complexity index is 611. The van der Waals surface area contributed by atoms with Gasteiger partial charge in [0.15, 0.2) is 5.96 Å². The highest BCUT2D eigenvalue weighted by Gasteiger charge is 2.24. The maximum Gasteiger partial charge on any atom is 0.193 e. The number of hydrogen-bond acceptors (Lipinski definition) is 4. The first kappa shape index (κ1) is 21.9. The summed E-state index contributed by atoms with van der Waals surface area (Å²) in [5.41, 5.74) is 1.23. The van der Waals surface area contributed by atoms with Gasteiger partial charge in [-0.2, -0.15) is 0 Å². The summed E-state index contributed by atoms with van der Waals surface area (Å²) in [5, 5.41) is 3.56. The molecule has 2 saturated heterocycles. The van der Waals surface area contributed by atoms with E-state index in [-0.39, 0.29) is 0 Å². The normalized spacial score (nSPS) is 22.4. The number of ether oxygens (including phenoxy) is 2. The Labute approximate surface area is 176 Å². The van der Waals surface area contributed by atoms with Gasteiger partial charge in [0.1, 0.15) is 0 Å². The fourth-order valence-corrected chi connectivity index (χ4v) is 4.04. The van der Waals surface area contributed by atoms with Crippen molar-refractivity contribution in [2.75, 3.05) is 51.8 Å². The van der Waals surface area contributed by atoms with E-state index in [9.17, 15) is 0 Å². The smallest absolute Gasteiger partial charge is 0.193 e. The van der Waals surface area contributed by atoms with Gasteiger partial charge < -0.3 is 24.6 Å². The minimum atomic E-state index is 0.305. The largest absolute Gasteiger partial charge is 0.376 e. The molecule has 2 unspecified atom stereocenters. The molecule has 2 aliphatic rings. The molecule has 2 fully saturated rings. The Kier molecular flexibility index (Phi) is 8.62. The number of anilines is 1. The van der Waals surface area contributed by atoms with Crippen molar-refractivity contribution in [3.63, 3.8) is 0 Å². The Hall–Kier alpha value is -1.79. The van der Waals surface area contributed by atoms with Gasteiger partial charge in [-0.05, 0) is 51.2 Å². The zero-order valence-electron chi connectivity index (χ0n) is 18.3. The fourth-order valence-electron chi connectivity index (χ4n) is 4.04. The van der Waals surface area contributed by atoms with Crippen LogP contribution in [0.15, 0.2) is 35.3 Å². The highest BCUT2D eigenvalue weighted by Crippen LogP contribution is 2.18. The van der Waals surface area contributed by atoms with E-state index in [2.05, 4.69) is 64.4 Å². The van der Waals surface area contributed by atoms with Crippen molar-refractivity contribution < 1.29 is 9.47 Å². The molecule has 0 bridgehead atoms. The molecular weight excluding hydrogens is 364 g/mol. The standard InChI is InChI=1S/C23H38N4O2/c1-19(26(3)20-9-5-4-6-10-20)17-25-23(24-2)27-14-12-21(13-15-27)29-18-22-11-7-8-16-28-22/h4-6,9-10,19,21-22H,7-8,11-18H2,1-3H3,(H,24,25). The van der Waals surface area contributed by atoms with E-state index in [0.29, 0.717) is 18.2 Å². The maximum absolute atomic E-state index is 6.14. The molecular formula is C23H38N4O2. The summed E-state index contributed by atoms with van der Waals surface area (Å²) >= 11 is 0. The average molecular weight is 403 g/mol. The number of likely N-dealkylation sites (tertiary alicyclic amines) is 1. The third kappa shape index (κ3) is 6.61. The lowest BCUT2D eigenvalue weighted by atomic mass is 10.1. The van der Waals surface area contributed by atoms with Crippen LogP contribution < -0.4 is 10.2 Å². The molecule has 0 aliphatic carbocycles. The van der Waals surface area contributed by atoms with Crippen molar-refractivity contribution in [3.05, 3.63) is 30.3 Å². The van der Waals surface area contributed by atoms with Crippen LogP contribution in [0, 0.1) is 0 Å². The van der Waals surface area contributed by atoms with E-state index in [1.165, 1.54) is 18.5 Å². The van der Waals surface area contributed by atoms with Crippen molar-refractivity contribution in [3.8, 4) is 0 Å². The number of hydrogen-bond donors (Lipinski definition) is 1. The van der Waals surface area contributed by atoms with Crippen LogP contribution in [0.25, 0.3) is 0 Å². The van der Waals surface area contributed by atoms with Gasteiger partial charge in [0.05, 0.1) is 18.8 Å². The van der Waals surface area contributed by atoms with Crippen LogP contribution in [-0.4, -0.2) is 76.1 Å². The molecule has 0 radical (unpaired) electrons. The molecule has 1 aromatic carbocycles. The lowest BCUT2D eigenvalue weighted by Gasteiger charge is -2.36. The average Bonchev–Trinajstić information content (AvgIpc) is 2.79. The van der Waals surface area contributed by atoms with Crippen LogP contribution in [-0.2, 0) is 9.47 Å². The Morgan fingerprint density at radius 1 is 1.24 bits per heavy atom. The predicted octanol–water partition coefficient (Wildman–Crippen LogP) is 3.14. The van der Waals surface area contributed by atoms with Crippen molar-refractivity contribution in [2.24, 2.45) is 4.99 Å². The number of nitrogens with one attached hydrogen (secondary N) is 1. The molecule has 1 aromatic rings. The number of piperidine rings is 1. The van der Waals surface area contributed by atoms with E-state index in [4.69, 9.17) is 9.47 Å². The van der Waals surface area contributed by atoms with E-state index in [1.807, 2.05) is 7.05 Å². The number of aliphatic imine (C=N–C) groups is 1. The number of para-hydroxylation sites is 1. The summed E-state index contributed by atoms with van der Waals surface area (Å²) in [6, 6.07) is 10.9. The Morgan fingerprint density at radius 2 is 2.00 bits per heavy atom. The van der Waals surface area contributed by atoms with Crippen LogP contribution in [0.1, 0.15) is 39.0 Å². The van der Waals surface area contributed by atoms with E-state index in [0.717, 1.165) is 58.1 Å². The topological polar surface area (TPSA) is 49.3 Å². The second-order valence-electron chi connectivity index (χ2n) is 8.23. The Balaban J connectivity index is 1.38. The molecule has 2 atom stereocenters. The van der Waals surface area contributed by atoms with E-state index >= 15 is 0 Å². The zero-order valence-corrected chi connectivity index (χ0v) is 18.3. The summed E-state index contributed by atoms with van der Waals surface area (Å²) in [4.78, 5) is 9.17. The van der Waals surface area contributed by atoms with Crippen molar-refractivity contribution in [1.29, 1.82) is 0 Å². The molecule has 0 spiro atoms. The quantitative estimate of drug-likeness (QED) is 0.561. The lowest BCUT2D eigenvalue weighted by molar-refractivity contribution is -0.0721. The summed E-state index contributed by atoms with van der Waals surface area (Å²) in [6.07, 6.45) is 6.36. The minimum Gasteiger partial charge on any atom is -0.376 e. The SMILES string of the molecule is CN=C(NCC(C)N(C)c1ccccc1)N1CCC(OCC2CCCCO2)CC1. The van der Waals surface area contributed by atoms with Gasteiger partial charge in [-0.15, -0.1) is 0 Å². The van der Waals surface area contributed by atoms with Gasteiger partial charge in [0.2, 0.25) is 0 Å². The highest BCUT2D eigenvalue weighted by molar-refractivity contribution is 5.80. The fraction of sp³-hybridized carbons (Fsp3) is 0.696. The monoisotopic (exact) mass is 402 g/mol. The van der Waals surface area contributed by atoms with Gasteiger partial charge in [0.25, 0.3) is 0 Å². The summed E-state index contributed by atoms with van der Waals surface area (Å²) < 4.78 is 11.9. The van der Waals surface area contributed by atoms with Gasteiger partial charge in [-0.25, -0.2) is 0 Å². The third-order valence-corrected chi connectivity index (χ3v) is 6.13. The summed E-state index contributed by atoms with van der Waals surface area (Å²) in [6.45, 7) is 6.71. The maximum atomic E-state index is 6.14. The molecule has 6 heteroatoms. The first-order valence-corrected chi connectivity index (χ1v) is 11.1. The second-order valence-corrected chi connectivity index (χ2v) is 8.23. The van der Waals surface area contributed by atoms with E-state index in [1.54, 1.807) is 0 Å². The van der Waals surface area contributed by atoms with Crippen LogP contribution in [0.5, 0.6) is 0 Å². The second kappa shape index (κ2) is 11.4. The predicted molar refractivity (Wildman–Crippen MR) is 120 cm³/mol. The molecule has 0 saturated carbocycles.